The highest BCUT2D eigenvalue weighted by Gasteiger charge is 2.23. The maximum Gasteiger partial charge on any atom is 0.357 e. The van der Waals surface area contributed by atoms with Gasteiger partial charge in [0.1, 0.15) is 10.8 Å². The minimum atomic E-state index is -2.95. The maximum absolute atomic E-state index is 14.4. The lowest BCUT2D eigenvalue weighted by molar-refractivity contribution is -0.115. The molecule has 28 heavy (non-hydrogen) atoms. The number of nitrogens with two attached hydrogens (primary N) is 1. The Morgan fingerprint density at radius 1 is 1.50 bits per heavy atom. The highest BCUT2D eigenvalue weighted by molar-refractivity contribution is 7.81. The number of hydrogen-bond acceptors (Lipinski definition) is 7. The number of anilines is 3. The summed E-state index contributed by atoms with van der Waals surface area (Å²) in [4.78, 5) is 30.2. The van der Waals surface area contributed by atoms with E-state index in [1.165, 1.54) is 13.1 Å². The van der Waals surface area contributed by atoms with Crippen LogP contribution in [0.25, 0.3) is 0 Å². The highest BCUT2D eigenvalue weighted by atomic mass is 32.2. The number of benzene rings is 1. The van der Waals surface area contributed by atoms with Crippen molar-refractivity contribution in [3.63, 3.8) is 0 Å². The van der Waals surface area contributed by atoms with Crippen molar-refractivity contribution >= 4 is 56.8 Å². The topological polar surface area (TPSA) is 173 Å². The Hall–Kier alpha value is -3.10. The van der Waals surface area contributed by atoms with Gasteiger partial charge in [-0.05, 0) is 12.1 Å². The monoisotopic (exact) mass is 429 g/mol. The highest BCUT2D eigenvalue weighted by Crippen LogP contribution is 2.34. The van der Waals surface area contributed by atoms with E-state index in [4.69, 9.17) is 10.8 Å². The number of guanidine groups is 1. The summed E-state index contributed by atoms with van der Waals surface area (Å²) in [7, 11) is 1.42. The molecular formula is C14H14FN6O5S2-. The second-order valence-corrected chi connectivity index (χ2v) is 6.63. The average molecular weight is 429 g/mol. The number of aromatic carboxylic acids is 1. The van der Waals surface area contributed by atoms with Crippen LogP contribution in [0.5, 0.6) is 0 Å². The molecule has 1 aromatic carbocycles. The number of carbonyl (C=O) groups excluding carboxylic acids is 1. The lowest BCUT2D eigenvalue weighted by atomic mass is 10.2. The first-order valence-electron chi connectivity index (χ1n) is 7.36. The SMILES string of the molecule is CN=C(N)NCC(=O)Nc1ccc(N(c2scnc2C(=O)O)S(=O)[O-])cc1F. The summed E-state index contributed by atoms with van der Waals surface area (Å²) in [5.41, 5.74) is 5.67. The third kappa shape index (κ3) is 4.99. The van der Waals surface area contributed by atoms with Gasteiger partial charge in [0.25, 0.3) is 0 Å². The first kappa shape index (κ1) is 21.2. The van der Waals surface area contributed by atoms with Gasteiger partial charge in [-0.3, -0.25) is 18.3 Å². The number of carbonyl (C=O) groups is 2. The van der Waals surface area contributed by atoms with Crippen LogP contribution in [0.3, 0.4) is 0 Å². The quantitative estimate of drug-likeness (QED) is 0.278. The van der Waals surface area contributed by atoms with Gasteiger partial charge in [-0.25, -0.2) is 14.2 Å². The molecule has 11 nitrogen and oxygen atoms in total. The number of aromatic nitrogens is 1. The van der Waals surface area contributed by atoms with E-state index in [-0.39, 0.29) is 28.9 Å². The zero-order chi connectivity index (χ0) is 20.8. The predicted octanol–water partition coefficient (Wildman–Crippen LogP) is 0.385. The number of carboxylic acid groups (broad SMARTS) is 1. The molecule has 1 aromatic heterocycles. The molecule has 1 heterocycles. The van der Waals surface area contributed by atoms with Gasteiger partial charge in [0.15, 0.2) is 11.7 Å². The van der Waals surface area contributed by atoms with Crippen molar-refractivity contribution in [2.75, 3.05) is 23.2 Å². The van der Waals surface area contributed by atoms with Gasteiger partial charge in [0.2, 0.25) is 5.91 Å². The van der Waals surface area contributed by atoms with Crippen LogP contribution < -0.4 is 20.7 Å². The fourth-order valence-electron chi connectivity index (χ4n) is 1.98. The predicted molar refractivity (Wildman–Crippen MR) is 101 cm³/mol. The van der Waals surface area contributed by atoms with Gasteiger partial charge in [-0.1, -0.05) is 0 Å². The van der Waals surface area contributed by atoms with Crippen LogP contribution in [0.4, 0.5) is 20.8 Å². The summed E-state index contributed by atoms with van der Waals surface area (Å²) in [5.74, 6) is -2.95. The molecule has 0 aliphatic rings. The summed E-state index contributed by atoms with van der Waals surface area (Å²) in [6.07, 6.45) is 0. The van der Waals surface area contributed by atoms with Gasteiger partial charge in [0, 0.05) is 13.1 Å². The maximum atomic E-state index is 14.4. The van der Waals surface area contributed by atoms with Crippen LogP contribution in [-0.4, -0.2) is 50.3 Å². The molecule has 0 fully saturated rings. The van der Waals surface area contributed by atoms with Gasteiger partial charge >= 0.3 is 5.97 Å². The van der Waals surface area contributed by atoms with Crippen LogP contribution >= 0.6 is 11.3 Å². The van der Waals surface area contributed by atoms with E-state index in [0.717, 1.165) is 29.0 Å². The zero-order valence-corrected chi connectivity index (χ0v) is 15.8. The van der Waals surface area contributed by atoms with Crippen LogP contribution in [0.1, 0.15) is 10.5 Å². The Kier molecular flexibility index (Phi) is 6.97. The second kappa shape index (κ2) is 9.20. The lowest BCUT2D eigenvalue weighted by Gasteiger charge is -2.25. The number of rotatable bonds is 7. The number of aliphatic imine (C=N–C) groups is 1. The van der Waals surface area contributed by atoms with E-state index < -0.39 is 34.7 Å². The van der Waals surface area contributed by atoms with Crippen molar-refractivity contribution in [2.45, 2.75) is 0 Å². The second-order valence-electron chi connectivity index (χ2n) is 5.00. The summed E-state index contributed by atoms with van der Waals surface area (Å²) in [6, 6.07) is 3.18. The largest absolute Gasteiger partial charge is 0.755 e. The number of nitrogens with zero attached hydrogens (tertiary/aromatic N) is 3. The summed E-state index contributed by atoms with van der Waals surface area (Å²) in [5, 5.41) is 13.7. The molecule has 14 heteroatoms. The Balaban J connectivity index is 2.26. The number of thiazole rings is 1. The normalized spacial score (nSPS) is 12.3. The molecule has 1 unspecified atom stereocenters. The van der Waals surface area contributed by atoms with Crippen molar-refractivity contribution in [3.8, 4) is 0 Å². The van der Waals surface area contributed by atoms with E-state index in [1.54, 1.807) is 0 Å². The van der Waals surface area contributed by atoms with Gasteiger partial charge in [-0.15, -0.1) is 11.3 Å². The Morgan fingerprint density at radius 3 is 2.79 bits per heavy atom. The zero-order valence-electron chi connectivity index (χ0n) is 14.2. The fourth-order valence-corrected chi connectivity index (χ4v) is 3.51. The van der Waals surface area contributed by atoms with Gasteiger partial charge < -0.3 is 26.0 Å². The van der Waals surface area contributed by atoms with Gasteiger partial charge in [0.05, 0.1) is 34.7 Å². The van der Waals surface area contributed by atoms with Crippen LogP contribution in [0, 0.1) is 5.82 Å². The first-order chi connectivity index (χ1) is 13.2. The number of nitrogens with one attached hydrogen (secondary N) is 2. The third-order valence-electron chi connectivity index (χ3n) is 3.22. The summed E-state index contributed by atoms with van der Waals surface area (Å²) >= 11 is -2.19. The first-order valence-corrected chi connectivity index (χ1v) is 9.27. The molecule has 2 aromatic rings. The molecule has 0 aliphatic carbocycles. The molecule has 0 saturated carbocycles. The van der Waals surface area contributed by atoms with Crippen LogP contribution in [0.15, 0.2) is 28.7 Å². The molecule has 0 radical (unpaired) electrons. The number of halogens is 1. The minimum Gasteiger partial charge on any atom is -0.755 e. The molecule has 0 aliphatic heterocycles. The average Bonchev–Trinajstić information content (AvgIpc) is 3.11. The molecule has 0 saturated heterocycles. The van der Waals surface area contributed by atoms with E-state index in [1.807, 2.05) is 0 Å². The number of carboxylic acids is 1. The standard InChI is InChI=1S/C14H15FN6O5S2/c1-17-14(16)18-5-10(22)20-9-3-2-7(4-8(9)15)21(28(25)26)12-11(13(23)24)19-6-27-12/h2-4,6H,5H2,1H3,(H,20,22)(H,23,24)(H,25,26)(H3,16,17,18)/p-1. The van der Waals surface area contributed by atoms with Crippen molar-refractivity contribution in [1.29, 1.82) is 0 Å². The van der Waals surface area contributed by atoms with Gasteiger partial charge in [-0.2, -0.15) is 0 Å². The van der Waals surface area contributed by atoms with Crippen molar-refractivity contribution < 1.29 is 27.8 Å². The number of amides is 1. The molecular weight excluding hydrogens is 415 g/mol. The summed E-state index contributed by atoms with van der Waals surface area (Å²) < 4.78 is 38.2. The molecule has 5 N–H and O–H groups in total. The smallest absolute Gasteiger partial charge is 0.357 e. The Bertz CT molecular complexity index is 950. The van der Waals surface area contributed by atoms with Crippen molar-refractivity contribution in [1.82, 2.24) is 10.3 Å². The van der Waals surface area contributed by atoms with Crippen molar-refractivity contribution in [2.24, 2.45) is 10.7 Å². The molecule has 0 spiro atoms. The molecule has 0 bridgehead atoms. The molecule has 2 rings (SSSR count). The van der Waals surface area contributed by atoms with E-state index in [0.29, 0.717) is 4.31 Å². The lowest BCUT2D eigenvalue weighted by Crippen LogP contribution is -2.37. The molecule has 1 amide bonds. The number of hydrogen-bond donors (Lipinski definition) is 4. The van der Waals surface area contributed by atoms with E-state index in [2.05, 4.69) is 20.6 Å². The van der Waals surface area contributed by atoms with Crippen molar-refractivity contribution in [3.05, 3.63) is 35.2 Å². The van der Waals surface area contributed by atoms with E-state index in [9.17, 15) is 22.7 Å². The Labute approximate surface area is 164 Å². The molecule has 150 valence electrons. The Morgan fingerprint density at radius 2 is 2.21 bits per heavy atom. The van der Waals surface area contributed by atoms with E-state index >= 15 is 0 Å². The fraction of sp³-hybridized carbons (Fsp3) is 0.143. The summed E-state index contributed by atoms with van der Waals surface area (Å²) in [6.45, 7) is -0.260. The minimum absolute atomic E-state index is 0.0262. The molecule has 1 atom stereocenters. The third-order valence-corrected chi connectivity index (χ3v) is 4.83. The van der Waals surface area contributed by atoms with Crippen LogP contribution in [-0.2, 0) is 16.1 Å². The van der Waals surface area contributed by atoms with Crippen LogP contribution in [0.2, 0.25) is 0 Å².